The fraction of sp³-hybridized carbons (Fsp3) is 0.353. The number of nitrogens with one attached hydrogen (secondary N) is 1. The van der Waals surface area contributed by atoms with Gasteiger partial charge in [-0.1, -0.05) is 19.1 Å². The first-order valence-electron chi connectivity index (χ1n) is 7.12. The summed E-state index contributed by atoms with van der Waals surface area (Å²) in [7, 11) is 1.71. The van der Waals surface area contributed by atoms with E-state index in [0.717, 1.165) is 34.4 Å². The molecule has 0 fully saturated rings. The molecule has 1 heterocycles. The Kier molecular flexibility index (Phi) is 5.76. The van der Waals surface area contributed by atoms with Gasteiger partial charge in [-0.15, -0.1) is 0 Å². The van der Waals surface area contributed by atoms with Crippen LogP contribution >= 0.6 is 15.9 Å². The molecule has 2 aromatic rings. The topological polar surface area (TPSA) is 34.2 Å². The molecular formula is C17H21BrN2O. The van der Waals surface area contributed by atoms with Crippen LogP contribution in [0.5, 0.6) is 5.75 Å². The summed E-state index contributed by atoms with van der Waals surface area (Å²) in [4.78, 5) is 4.47. The largest absolute Gasteiger partial charge is 0.496 e. The Morgan fingerprint density at radius 1 is 1.29 bits per heavy atom. The van der Waals surface area contributed by atoms with Gasteiger partial charge in [-0.25, -0.2) is 0 Å². The average Bonchev–Trinajstić information content (AvgIpc) is 2.49. The second-order valence-electron chi connectivity index (χ2n) is 5.01. The van der Waals surface area contributed by atoms with E-state index >= 15 is 0 Å². The van der Waals surface area contributed by atoms with Crippen LogP contribution in [0.1, 0.15) is 29.8 Å². The van der Waals surface area contributed by atoms with E-state index in [1.54, 1.807) is 7.11 Å². The van der Waals surface area contributed by atoms with E-state index < -0.39 is 0 Å². The minimum Gasteiger partial charge on any atom is -0.496 e. The lowest BCUT2D eigenvalue weighted by Gasteiger charge is -2.19. The van der Waals surface area contributed by atoms with Crippen molar-refractivity contribution >= 4 is 15.9 Å². The molecule has 0 saturated heterocycles. The molecule has 1 N–H and O–H groups in total. The van der Waals surface area contributed by atoms with Crippen LogP contribution in [-0.2, 0) is 6.42 Å². The van der Waals surface area contributed by atoms with Crippen molar-refractivity contribution in [2.75, 3.05) is 13.7 Å². The molecule has 0 aliphatic carbocycles. The predicted octanol–water partition coefficient (Wildman–Crippen LogP) is 4.05. The third-order valence-electron chi connectivity index (χ3n) is 3.49. The molecule has 4 heteroatoms. The quantitative estimate of drug-likeness (QED) is 0.854. The second-order valence-corrected chi connectivity index (χ2v) is 5.93. The number of pyridine rings is 1. The van der Waals surface area contributed by atoms with Gasteiger partial charge in [0.1, 0.15) is 5.75 Å². The minimum absolute atomic E-state index is 0.234. The van der Waals surface area contributed by atoms with Gasteiger partial charge >= 0.3 is 0 Å². The number of ether oxygens (including phenoxy) is 1. The second kappa shape index (κ2) is 7.57. The monoisotopic (exact) mass is 348 g/mol. The van der Waals surface area contributed by atoms with Crippen molar-refractivity contribution < 1.29 is 4.74 Å². The summed E-state index contributed by atoms with van der Waals surface area (Å²) in [5.74, 6) is 0.930. The van der Waals surface area contributed by atoms with Crippen molar-refractivity contribution in [3.63, 3.8) is 0 Å². The van der Waals surface area contributed by atoms with Crippen molar-refractivity contribution in [1.29, 1.82) is 0 Å². The molecule has 3 nitrogen and oxygen atoms in total. The van der Waals surface area contributed by atoms with Gasteiger partial charge in [-0.2, -0.15) is 0 Å². The Labute approximate surface area is 134 Å². The summed E-state index contributed by atoms with van der Waals surface area (Å²) in [6.07, 6.45) is 2.70. The Bertz CT molecular complexity index is 584. The third-order valence-corrected chi connectivity index (χ3v) is 3.96. The summed E-state index contributed by atoms with van der Waals surface area (Å²) in [5, 5.41) is 3.53. The first-order chi connectivity index (χ1) is 10.1. The van der Waals surface area contributed by atoms with Crippen LogP contribution in [0, 0.1) is 6.92 Å². The molecule has 1 aromatic carbocycles. The Hall–Kier alpha value is -1.39. The number of likely N-dealkylation sites (N-methyl/N-ethyl adjacent to an activating group) is 1. The first-order valence-corrected chi connectivity index (χ1v) is 7.91. The van der Waals surface area contributed by atoms with E-state index in [0.29, 0.717) is 0 Å². The number of rotatable bonds is 6. The number of aromatic nitrogens is 1. The number of halogens is 1. The van der Waals surface area contributed by atoms with Crippen LogP contribution in [0.2, 0.25) is 0 Å². The lowest BCUT2D eigenvalue weighted by Crippen LogP contribution is -2.23. The van der Waals surface area contributed by atoms with E-state index in [-0.39, 0.29) is 6.04 Å². The molecule has 1 aromatic heterocycles. The van der Waals surface area contributed by atoms with Crippen molar-refractivity contribution in [3.8, 4) is 5.75 Å². The normalized spacial score (nSPS) is 12.2. The van der Waals surface area contributed by atoms with Gasteiger partial charge < -0.3 is 10.1 Å². The number of methoxy groups -OCH3 is 1. The van der Waals surface area contributed by atoms with Gasteiger partial charge in [-0.05, 0) is 58.7 Å². The third kappa shape index (κ3) is 4.29. The summed E-state index contributed by atoms with van der Waals surface area (Å²) < 4.78 is 6.43. The fourth-order valence-electron chi connectivity index (χ4n) is 2.34. The molecule has 0 aliphatic rings. The van der Waals surface area contributed by atoms with E-state index in [1.807, 2.05) is 12.3 Å². The van der Waals surface area contributed by atoms with Crippen LogP contribution in [0.3, 0.4) is 0 Å². The molecular weight excluding hydrogens is 328 g/mol. The van der Waals surface area contributed by atoms with E-state index in [2.05, 4.69) is 64.3 Å². The highest BCUT2D eigenvalue weighted by Crippen LogP contribution is 2.25. The Balaban J connectivity index is 2.23. The molecule has 0 saturated carbocycles. The highest BCUT2D eigenvalue weighted by atomic mass is 79.9. The first kappa shape index (κ1) is 16.0. The molecule has 0 spiro atoms. The molecule has 0 aliphatic heterocycles. The molecule has 0 amide bonds. The van der Waals surface area contributed by atoms with Gasteiger partial charge in [0.25, 0.3) is 0 Å². The van der Waals surface area contributed by atoms with Crippen molar-refractivity contribution in [1.82, 2.24) is 10.3 Å². The lowest BCUT2D eigenvalue weighted by atomic mass is 9.99. The predicted molar refractivity (Wildman–Crippen MR) is 89.8 cm³/mol. The van der Waals surface area contributed by atoms with Crippen LogP contribution in [0.15, 0.2) is 41.0 Å². The number of benzene rings is 1. The van der Waals surface area contributed by atoms with Crippen molar-refractivity contribution in [2.24, 2.45) is 0 Å². The van der Waals surface area contributed by atoms with Gasteiger partial charge in [0.05, 0.1) is 7.11 Å². The zero-order chi connectivity index (χ0) is 15.2. The Morgan fingerprint density at radius 3 is 2.71 bits per heavy atom. The molecule has 0 radical (unpaired) electrons. The zero-order valence-corrected chi connectivity index (χ0v) is 14.3. The van der Waals surface area contributed by atoms with E-state index in [4.69, 9.17) is 4.74 Å². The zero-order valence-electron chi connectivity index (χ0n) is 12.7. The van der Waals surface area contributed by atoms with Crippen molar-refractivity contribution in [2.45, 2.75) is 26.3 Å². The number of hydrogen-bond donors (Lipinski definition) is 1. The highest BCUT2D eigenvalue weighted by molar-refractivity contribution is 9.10. The Morgan fingerprint density at radius 2 is 2.10 bits per heavy atom. The van der Waals surface area contributed by atoms with Crippen LogP contribution in [0.4, 0.5) is 0 Å². The van der Waals surface area contributed by atoms with Crippen LogP contribution in [-0.4, -0.2) is 18.6 Å². The summed E-state index contributed by atoms with van der Waals surface area (Å²) in [5.41, 5.74) is 3.45. The minimum atomic E-state index is 0.234. The summed E-state index contributed by atoms with van der Waals surface area (Å²) in [6.45, 7) is 5.09. The maximum absolute atomic E-state index is 5.43. The lowest BCUT2D eigenvalue weighted by molar-refractivity contribution is 0.409. The maximum Gasteiger partial charge on any atom is 0.122 e. The summed E-state index contributed by atoms with van der Waals surface area (Å²) in [6, 6.07) is 10.7. The number of aryl methyl sites for hydroxylation is 1. The fourth-order valence-corrected chi connectivity index (χ4v) is 2.58. The van der Waals surface area contributed by atoms with E-state index in [9.17, 15) is 0 Å². The molecule has 21 heavy (non-hydrogen) atoms. The number of nitrogens with zero attached hydrogens (tertiary/aromatic N) is 1. The van der Waals surface area contributed by atoms with Gasteiger partial charge in [0.15, 0.2) is 0 Å². The van der Waals surface area contributed by atoms with Crippen molar-refractivity contribution in [3.05, 3.63) is 57.8 Å². The van der Waals surface area contributed by atoms with Crippen LogP contribution < -0.4 is 10.1 Å². The van der Waals surface area contributed by atoms with Gasteiger partial charge in [0, 0.05) is 28.8 Å². The molecule has 1 atom stereocenters. The highest BCUT2D eigenvalue weighted by Gasteiger charge is 2.13. The van der Waals surface area contributed by atoms with Gasteiger partial charge in [-0.3, -0.25) is 4.98 Å². The van der Waals surface area contributed by atoms with E-state index in [1.165, 1.54) is 5.56 Å². The van der Waals surface area contributed by atoms with Crippen LogP contribution in [0.25, 0.3) is 0 Å². The number of hydrogen-bond acceptors (Lipinski definition) is 3. The smallest absolute Gasteiger partial charge is 0.122 e. The standard InChI is InChI=1S/C17H21BrN2O/c1-4-19-16(10-15-8-7-14(18)11-20-15)13-6-5-12(2)17(9-13)21-3/h5-9,11,16,19H,4,10H2,1-3H3. The molecule has 0 bridgehead atoms. The maximum atomic E-state index is 5.43. The van der Waals surface area contributed by atoms with Gasteiger partial charge in [0.2, 0.25) is 0 Å². The average molecular weight is 349 g/mol. The molecule has 112 valence electrons. The molecule has 2 rings (SSSR count). The summed E-state index contributed by atoms with van der Waals surface area (Å²) >= 11 is 3.42. The molecule has 1 unspecified atom stereocenters. The SMILES string of the molecule is CCNC(Cc1ccc(Br)cn1)c1ccc(C)c(OC)c1.